The Hall–Kier alpha value is -8.03. The van der Waals surface area contributed by atoms with Crippen LogP contribution >= 0.6 is 0 Å². The number of hydrogen-bond acceptors (Lipinski definition) is 2. The van der Waals surface area contributed by atoms with E-state index in [1.165, 1.54) is 97.9 Å². The van der Waals surface area contributed by atoms with E-state index in [2.05, 4.69) is 267 Å². The van der Waals surface area contributed by atoms with E-state index in [1.807, 2.05) is 0 Å². The Kier molecular flexibility index (Phi) is 8.92. The molecule has 2 aliphatic rings. The SMILES string of the molecule is C[Si]1(C)c2cc(N(c3ccc4ccccc4c3)c3ccc4ccccc4c3)ccc2-c2c1c1c(c3ccccc23)-c2ccc(N(c3ccc4ccccc4c3)c3ccc4ccccc4c3)cc2[Si]1(C)C. The second-order valence-corrected chi connectivity index (χ2v) is 29.1. The van der Waals surface area contributed by atoms with Crippen LogP contribution in [0.2, 0.25) is 26.2 Å². The lowest BCUT2D eigenvalue weighted by atomic mass is 9.92. The first-order chi connectivity index (χ1) is 34.2. The van der Waals surface area contributed by atoms with Crippen molar-refractivity contribution in [2.24, 2.45) is 0 Å². The fourth-order valence-corrected chi connectivity index (χ4v) is 21.0. The van der Waals surface area contributed by atoms with Crippen LogP contribution in [0.15, 0.2) is 231 Å². The lowest BCUT2D eigenvalue weighted by molar-refractivity contribution is 1.30. The van der Waals surface area contributed by atoms with Crippen LogP contribution in [0.3, 0.4) is 0 Å². The highest BCUT2D eigenvalue weighted by atomic mass is 28.3. The van der Waals surface area contributed by atoms with Gasteiger partial charge in [-0.1, -0.05) is 184 Å². The van der Waals surface area contributed by atoms with Crippen molar-refractivity contribution in [3.05, 3.63) is 231 Å². The quantitative estimate of drug-likeness (QED) is 0.153. The van der Waals surface area contributed by atoms with Crippen molar-refractivity contribution >= 4 is 125 Å². The third kappa shape index (κ3) is 6.10. The van der Waals surface area contributed by atoms with Crippen LogP contribution in [-0.4, -0.2) is 16.1 Å². The zero-order chi connectivity index (χ0) is 46.9. The first-order valence-corrected chi connectivity index (χ1v) is 30.7. The summed E-state index contributed by atoms with van der Waals surface area (Å²) in [6.45, 7) is 10.5. The summed E-state index contributed by atoms with van der Waals surface area (Å²) in [6, 6.07) is 86.7. The molecule has 0 aromatic heterocycles. The minimum Gasteiger partial charge on any atom is -0.310 e. The summed E-state index contributed by atoms with van der Waals surface area (Å²) in [4.78, 5) is 4.98. The van der Waals surface area contributed by atoms with E-state index in [0.717, 1.165) is 22.7 Å². The highest BCUT2D eigenvalue weighted by Gasteiger charge is 2.49. The molecular formula is C66H50N2Si2. The topological polar surface area (TPSA) is 6.48 Å². The first kappa shape index (κ1) is 41.0. The molecule has 14 rings (SSSR count). The molecule has 12 aromatic rings. The normalized spacial score (nSPS) is 13.9. The second kappa shape index (κ2) is 15.2. The van der Waals surface area contributed by atoms with Crippen molar-refractivity contribution in [3.8, 4) is 22.3 Å². The third-order valence-electron chi connectivity index (χ3n) is 15.8. The zero-order valence-electron chi connectivity index (χ0n) is 39.8. The molecule has 0 saturated carbocycles. The molecule has 0 unspecified atom stereocenters. The maximum Gasteiger partial charge on any atom is 0.113 e. The Morgan fingerprint density at radius 3 is 0.829 bits per heavy atom. The summed E-state index contributed by atoms with van der Waals surface area (Å²) in [5.41, 5.74) is 12.8. The van der Waals surface area contributed by atoms with E-state index in [9.17, 15) is 0 Å². The van der Waals surface area contributed by atoms with Crippen LogP contribution in [0.1, 0.15) is 0 Å². The zero-order valence-corrected chi connectivity index (χ0v) is 41.8. The summed E-state index contributed by atoms with van der Waals surface area (Å²) >= 11 is 0. The van der Waals surface area contributed by atoms with Crippen molar-refractivity contribution in [2.45, 2.75) is 26.2 Å². The monoisotopic (exact) mass is 926 g/mol. The van der Waals surface area contributed by atoms with Gasteiger partial charge >= 0.3 is 0 Å². The molecule has 70 heavy (non-hydrogen) atoms. The molecule has 0 atom stereocenters. The predicted octanol–water partition coefficient (Wildman–Crippen LogP) is 16.0. The molecule has 0 aliphatic carbocycles. The van der Waals surface area contributed by atoms with Gasteiger partial charge in [-0.3, -0.25) is 0 Å². The van der Waals surface area contributed by atoms with Crippen LogP contribution < -0.4 is 30.5 Å². The van der Waals surface area contributed by atoms with Gasteiger partial charge in [-0.2, -0.15) is 0 Å². The van der Waals surface area contributed by atoms with E-state index in [1.54, 1.807) is 10.4 Å². The van der Waals surface area contributed by atoms with Gasteiger partial charge in [0.1, 0.15) is 16.1 Å². The number of fused-ring (bicyclic) bond motifs is 14. The van der Waals surface area contributed by atoms with Crippen LogP contribution in [0, 0.1) is 0 Å². The summed E-state index contributed by atoms with van der Waals surface area (Å²) < 4.78 is 0. The molecule has 2 aliphatic heterocycles. The number of anilines is 6. The molecule has 0 fully saturated rings. The number of rotatable bonds is 6. The predicted molar refractivity (Wildman–Crippen MR) is 308 cm³/mol. The third-order valence-corrected chi connectivity index (χ3v) is 23.1. The van der Waals surface area contributed by atoms with E-state index in [-0.39, 0.29) is 0 Å². The molecule has 0 spiro atoms. The van der Waals surface area contributed by atoms with Gasteiger partial charge in [0.15, 0.2) is 0 Å². The molecule has 0 N–H and O–H groups in total. The number of hydrogen-bond donors (Lipinski definition) is 0. The van der Waals surface area contributed by atoms with Gasteiger partial charge in [0.2, 0.25) is 0 Å². The molecule has 12 aromatic carbocycles. The molecule has 0 bridgehead atoms. The highest BCUT2D eigenvalue weighted by Crippen LogP contribution is 2.46. The van der Waals surface area contributed by atoms with Gasteiger partial charge in [-0.25, -0.2) is 0 Å². The number of benzene rings is 12. The van der Waals surface area contributed by atoms with Crippen LogP contribution in [0.5, 0.6) is 0 Å². The van der Waals surface area contributed by atoms with Crippen molar-refractivity contribution in [2.75, 3.05) is 9.80 Å². The minimum absolute atomic E-state index is 1.16. The Morgan fingerprint density at radius 2 is 0.514 bits per heavy atom. The molecule has 332 valence electrons. The molecule has 0 amide bonds. The average molecular weight is 927 g/mol. The van der Waals surface area contributed by atoms with Gasteiger partial charge in [0.05, 0.1) is 0 Å². The summed E-state index contributed by atoms with van der Waals surface area (Å²) in [5.74, 6) is 0. The van der Waals surface area contributed by atoms with Gasteiger partial charge in [-0.15, -0.1) is 0 Å². The van der Waals surface area contributed by atoms with Crippen molar-refractivity contribution in [1.29, 1.82) is 0 Å². The summed E-state index contributed by atoms with van der Waals surface area (Å²) in [5, 5.41) is 19.0. The molecule has 0 radical (unpaired) electrons. The van der Waals surface area contributed by atoms with Crippen LogP contribution in [-0.2, 0) is 0 Å². The largest absolute Gasteiger partial charge is 0.310 e. The highest BCUT2D eigenvalue weighted by molar-refractivity contribution is 7.13. The lowest BCUT2D eigenvalue weighted by Crippen LogP contribution is -2.63. The molecule has 2 heterocycles. The Morgan fingerprint density at radius 1 is 0.257 bits per heavy atom. The van der Waals surface area contributed by atoms with E-state index in [4.69, 9.17) is 0 Å². The molecular weight excluding hydrogens is 877 g/mol. The Bertz CT molecular complexity index is 3740. The Labute approximate surface area is 411 Å². The smallest absolute Gasteiger partial charge is 0.113 e. The van der Waals surface area contributed by atoms with Crippen molar-refractivity contribution in [1.82, 2.24) is 0 Å². The fourth-order valence-electron chi connectivity index (χ4n) is 12.5. The molecule has 4 heteroatoms. The summed E-state index contributed by atoms with van der Waals surface area (Å²) in [7, 11) is -4.69. The second-order valence-electron chi connectivity index (χ2n) is 20.6. The van der Waals surface area contributed by atoms with Gasteiger partial charge in [0.25, 0.3) is 0 Å². The fraction of sp³-hybridized carbons (Fsp3) is 0.0606. The van der Waals surface area contributed by atoms with E-state index >= 15 is 0 Å². The van der Waals surface area contributed by atoms with Gasteiger partial charge in [0, 0.05) is 34.1 Å². The summed E-state index contributed by atoms with van der Waals surface area (Å²) in [6.07, 6.45) is 0. The van der Waals surface area contributed by atoms with E-state index < -0.39 is 16.1 Å². The van der Waals surface area contributed by atoms with Gasteiger partial charge < -0.3 is 9.80 Å². The lowest BCUT2D eigenvalue weighted by Gasteiger charge is -2.31. The van der Waals surface area contributed by atoms with E-state index in [0.29, 0.717) is 0 Å². The standard InChI is InChI=1S/C66H50N2Si2/c1-69(2)61-41-55(67(51-29-25-43-15-5-9-19-47(43)37-51)52-30-26-44-16-6-10-20-48(44)38-52)33-35-59(61)63-57-23-13-14-24-58(57)64-60-36-34-56(42-62(60)70(3,4)66(64)65(63)69)68(53-31-27-45-17-7-11-21-49(45)39-53)54-32-28-46-18-8-12-22-50(46)40-54/h5-42H,1-4H3. The average Bonchev–Trinajstić information content (AvgIpc) is 3.78. The van der Waals surface area contributed by atoms with Crippen LogP contribution in [0.25, 0.3) is 76.1 Å². The number of nitrogens with zero attached hydrogens (tertiary/aromatic N) is 2. The Balaban J connectivity index is 0.947. The minimum atomic E-state index is -2.35. The first-order valence-electron chi connectivity index (χ1n) is 24.7. The molecule has 0 saturated heterocycles. The van der Waals surface area contributed by atoms with Crippen molar-refractivity contribution in [3.63, 3.8) is 0 Å². The van der Waals surface area contributed by atoms with Gasteiger partial charge in [-0.05, 0) is 170 Å². The maximum atomic E-state index is 2.63. The van der Waals surface area contributed by atoms with Crippen molar-refractivity contribution < 1.29 is 0 Å². The maximum absolute atomic E-state index is 2.63. The van der Waals surface area contributed by atoms with Crippen LogP contribution in [0.4, 0.5) is 34.1 Å². The molecule has 2 nitrogen and oxygen atoms in total.